The van der Waals surface area contributed by atoms with Gasteiger partial charge in [0.2, 0.25) is 5.12 Å². The number of esters is 2. The highest BCUT2D eigenvalue weighted by Gasteiger charge is 2.77. The number of fused-ring (bicyclic) bond motifs is 6. The van der Waals surface area contributed by atoms with Crippen molar-refractivity contribution in [3.8, 4) is 0 Å². The monoisotopic (exact) mass is 980 g/mol. The van der Waals surface area contributed by atoms with E-state index in [1.807, 2.05) is 11.8 Å². The van der Waals surface area contributed by atoms with Crippen LogP contribution in [0.15, 0.2) is 23.8 Å². The quantitative estimate of drug-likeness (QED) is 0.122. The van der Waals surface area contributed by atoms with Crippen LogP contribution in [0.3, 0.4) is 0 Å². The average molecular weight is 980 g/mol. The Labute approximate surface area is 404 Å². The van der Waals surface area contributed by atoms with E-state index in [9.17, 15) is 54.6 Å². The summed E-state index contributed by atoms with van der Waals surface area (Å²) in [5.41, 5.74) is -10.4. The molecule has 6 aliphatic rings. The predicted octanol–water partition coefficient (Wildman–Crippen LogP) is 3.47. The minimum atomic E-state index is -2.18. The summed E-state index contributed by atoms with van der Waals surface area (Å²) in [4.78, 5) is 70.5. The number of cyclic esters (lactones) is 1. The Morgan fingerprint density at radius 1 is 1.00 bits per heavy atom. The van der Waals surface area contributed by atoms with Gasteiger partial charge in [-0.3, -0.25) is 28.9 Å². The molecule has 0 radical (unpaired) electrons. The maximum Gasteiger partial charge on any atom is 0.311 e. The molecule has 1 amide bonds. The summed E-state index contributed by atoms with van der Waals surface area (Å²) in [6, 6.07) is -0.737. The smallest absolute Gasteiger partial charge is 0.311 e. The molecule has 68 heavy (non-hydrogen) atoms. The lowest BCUT2D eigenvalue weighted by Gasteiger charge is -2.62. The number of nitrogens with one attached hydrogen (secondary N) is 1. The molecule has 18 heteroatoms. The third kappa shape index (κ3) is 8.74. The molecule has 7 N–H and O–H groups in total. The van der Waals surface area contributed by atoms with E-state index in [-0.39, 0.29) is 44.6 Å². The molecule has 16 nitrogen and oxygen atoms in total. The van der Waals surface area contributed by atoms with Crippen molar-refractivity contribution in [1.82, 2.24) is 15.1 Å². The zero-order valence-corrected chi connectivity index (χ0v) is 42.6. The Morgan fingerprint density at radius 2 is 1.66 bits per heavy atom. The van der Waals surface area contributed by atoms with Crippen molar-refractivity contribution in [3.63, 3.8) is 0 Å². The maximum absolute atomic E-state index is 18.0. The molecule has 0 bridgehead atoms. The highest BCUT2D eigenvalue weighted by molar-refractivity contribution is 8.26. The number of hydrogen-bond donors (Lipinski definition) is 7. The Morgan fingerprint density at radius 3 is 2.29 bits per heavy atom. The SMILES string of the molecule is CC[C@H]1OC(=O)[C@H](C)[C@@H](O)[C@H](C)[C@@H](O)[C@]2(O)C[C@@]2(C)CN(CCCNCCC(=O)O[C@]2(C(=O)SC(=O)N(C)C)[C@H](C)CC3C4CCC5=CC(=O)C=C[C@]5(C)[C@@]4(F)[C@@H](O)C[C@@]32C)[C@H](C)[C@@H](O)[C@]1(C)O. The van der Waals surface area contributed by atoms with Crippen LogP contribution in [-0.4, -0.2) is 168 Å². The lowest BCUT2D eigenvalue weighted by Crippen LogP contribution is -2.69. The van der Waals surface area contributed by atoms with Crippen molar-refractivity contribution in [2.45, 2.75) is 173 Å². The van der Waals surface area contributed by atoms with Gasteiger partial charge in [0, 0.05) is 79.0 Å². The van der Waals surface area contributed by atoms with Crippen molar-refractivity contribution in [3.05, 3.63) is 23.8 Å². The van der Waals surface area contributed by atoms with Crippen LogP contribution in [-0.2, 0) is 28.7 Å². The summed E-state index contributed by atoms with van der Waals surface area (Å²) in [7, 11) is 3.01. The fourth-order valence-corrected chi connectivity index (χ4v) is 14.4. The van der Waals surface area contributed by atoms with E-state index < -0.39 is 127 Å². The summed E-state index contributed by atoms with van der Waals surface area (Å²) in [5.74, 6) is -5.69. The van der Waals surface area contributed by atoms with E-state index in [1.54, 1.807) is 47.6 Å². The summed E-state index contributed by atoms with van der Waals surface area (Å²) in [5, 5.41) is 71.8. The molecule has 0 aromatic heterocycles. The van der Waals surface area contributed by atoms with Gasteiger partial charge in [0.25, 0.3) is 5.24 Å². The van der Waals surface area contributed by atoms with Crippen LogP contribution in [0, 0.1) is 45.8 Å². The Balaban J connectivity index is 1.16. The molecule has 0 spiro atoms. The molecule has 0 aromatic rings. The molecule has 384 valence electrons. The lowest BCUT2D eigenvalue weighted by molar-refractivity contribution is -0.225. The minimum Gasteiger partial charge on any atom is -0.459 e. The van der Waals surface area contributed by atoms with Crippen LogP contribution in [0.25, 0.3) is 0 Å². The zero-order chi connectivity index (χ0) is 50.9. The fraction of sp³-hybridized carbons (Fsp3) is 0.820. The van der Waals surface area contributed by atoms with Gasteiger partial charge in [-0.2, -0.15) is 0 Å². The van der Waals surface area contributed by atoms with E-state index in [0.29, 0.717) is 56.1 Å². The molecule has 5 fully saturated rings. The van der Waals surface area contributed by atoms with E-state index in [2.05, 4.69) is 5.32 Å². The first-order chi connectivity index (χ1) is 31.4. The zero-order valence-electron chi connectivity index (χ0n) is 41.8. The normalized spacial score (nSPS) is 46.2. The molecule has 2 unspecified atom stereocenters. The number of carbonyl (C=O) groups excluding carboxylic acids is 5. The van der Waals surface area contributed by atoms with Gasteiger partial charge < -0.3 is 50.3 Å². The first-order valence-corrected chi connectivity index (χ1v) is 25.4. The van der Waals surface area contributed by atoms with E-state index in [0.717, 1.165) is 0 Å². The number of allylic oxidation sites excluding steroid dienone is 4. The molecule has 0 aromatic carbocycles. The van der Waals surface area contributed by atoms with Gasteiger partial charge in [-0.1, -0.05) is 46.3 Å². The molecular weight excluding hydrogens is 902 g/mol. The Kier molecular flexibility index (Phi) is 15.5. The molecule has 18 atom stereocenters. The maximum atomic E-state index is 18.0. The van der Waals surface area contributed by atoms with Gasteiger partial charge in [0.1, 0.15) is 17.8 Å². The van der Waals surface area contributed by atoms with Crippen LogP contribution in [0.2, 0.25) is 0 Å². The van der Waals surface area contributed by atoms with Gasteiger partial charge in [0.05, 0.1) is 36.3 Å². The van der Waals surface area contributed by atoms with Crippen LogP contribution < -0.4 is 5.32 Å². The number of halogens is 1. The molecule has 1 saturated heterocycles. The van der Waals surface area contributed by atoms with Crippen LogP contribution in [0.5, 0.6) is 0 Å². The topological polar surface area (TPSA) is 244 Å². The van der Waals surface area contributed by atoms with Crippen LogP contribution in [0.4, 0.5) is 9.18 Å². The standard InChI is InChI=1S/C50H78FN3O13S/c1-12-36-47(9,64)40(60)30(5)54(26-44(6)25-48(44,65)39(59)28(3)38(58)29(4)41(61)66-36)21-13-19-52-20-17-37(57)67-50(42(62)68-43(63)53(10)11)27(2)22-34-33-15-14-31-23-32(55)16-18-45(31,7)49(33,51)35(56)24-46(34,50)8/h16,18,23,27-30,33-36,38-40,52,56,58-60,64-65H,12-15,17,19-22,24-26H2,1-11H3/t27-,28+,29-,30-,33?,34?,35+,36-,38+,39-,40-,44+,45+,46+,47-,48-,49+,50+/m1/s1. The van der Waals surface area contributed by atoms with Gasteiger partial charge in [-0.15, -0.1) is 0 Å². The van der Waals surface area contributed by atoms with E-state index >= 15 is 4.39 Å². The third-order valence-corrected chi connectivity index (χ3v) is 19.1. The minimum absolute atomic E-state index is 0.123. The second-order valence-electron chi connectivity index (χ2n) is 22.5. The molecule has 1 heterocycles. The largest absolute Gasteiger partial charge is 0.459 e. The molecule has 6 rings (SSSR count). The molecule has 5 aliphatic carbocycles. The van der Waals surface area contributed by atoms with Crippen molar-refractivity contribution in [2.24, 2.45) is 45.8 Å². The summed E-state index contributed by atoms with van der Waals surface area (Å²) in [6.45, 7) is 15.9. The van der Waals surface area contributed by atoms with Crippen molar-refractivity contribution in [1.29, 1.82) is 0 Å². The summed E-state index contributed by atoms with van der Waals surface area (Å²) in [6.07, 6.45) is -1.17. The predicted molar refractivity (Wildman–Crippen MR) is 251 cm³/mol. The number of carbonyl (C=O) groups is 5. The van der Waals surface area contributed by atoms with Gasteiger partial charge in [-0.05, 0) is 104 Å². The van der Waals surface area contributed by atoms with Gasteiger partial charge in [0.15, 0.2) is 17.1 Å². The van der Waals surface area contributed by atoms with Gasteiger partial charge >= 0.3 is 11.9 Å². The van der Waals surface area contributed by atoms with Gasteiger partial charge in [-0.25, -0.2) is 4.39 Å². The number of alkyl halides is 1. The van der Waals surface area contributed by atoms with Crippen LogP contribution >= 0.6 is 11.8 Å². The number of thioether (sulfide) groups is 1. The summed E-state index contributed by atoms with van der Waals surface area (Å²) < 4.78 is 30.0. The number of nitrogens with zero attached hydrogens (tertiary/aromatic N) is 2. The van der Waals surface area contributed by atoms with E-state index in [4.69, 9.17) is 9.47 Å². The Bertz CT molecular complexity index is 2040. The Hall–Kier alpha value is -2.81. The number of ketones is 1. The first-order valence-electron chi connectivity index (χ1n) is 24.6. The number of amides is 1. The highest BCUT2D eigenvalue weighted by atomic mass is 32.2. The molecule has 1 aliphatic heterocycles. The number of aliphatic hydroxyl groups is 6. The second-order valence-corrected chi connectivity index (χ2v) is 23.4. The average Bonchev–Trinajstić information content (AvgIpc) is 3.76. The number of rotatable bonds is 10. The summed E-state index contributed by atoms with van der Waals surface area (Å²) >= 11 is 0.435. The third-order valence-electron chi connectivity index (χ3n) is 18.1. The van der Waals surface area contributed by atoms with Crippen molar-refractivity contribution < 1.29 is 68.5 Å². The fourth-order valence-electron chi connectivity index (χ4n) is 13.5. The second kappa shape index (κ2) is 19.3. The molecular formula is C50H78FN3O13S. The molecule has 4 saturated carbocycles. The number of aliphatic hydroxyl groups excluding tert-OH is 4. The highest BCUT2D eigenvalue weighted by Crippen LogP contribution is 2.72. The van der Waals surface area contributed by atoms with Crippen molar-refractivity contribution in [2.75, 3.05) is 40.3 Å². The number of hydrogen-bond acceptors (Lipinski definition) is 16. The van der Waals surface area contributed by atoms with Crippen molar-refractivity contribution >= 4 is 39.8 Å². The first kappa shape index (κ1) is 54.5. The van der Waals surface area contributed by atoms with E-state index in [1.165, 1.54) is 45.0 Å². The lowest BCUT2D eigenvalue weighted by atomic mass is 9.45. The van der Waals surface area contributed by atoms with Crippen LogP contribution in [0.1, 0.15) is 114 Å². The number of ether oxygens (including phenoxy) is 2.